The lowest BCUT2D eigenvalue weighted by Gasteiger charge is -2.25. The highest BCUT2D eigenvalue weighted by Gasteiger charge is 2.19. The lowest BCUT2D eigenvalue weighted by molar-refractivity contribution is 0.0284. The molecule has 0 bridgehead atoms. The zero-order chi connectivity index (χ0) is 14.7. The Morgan fingerprint density at radius 2 is 2.10 bits per heavy atom. The fourth-order valence-corrected chi connectivity index (χ4v) is 2.35. The van der Waals surface area contributed by atoms with Gasteiger partial charge in [-0.15, -0.1) is 0 Å². The van der Waals surface area contributed by atoms with Gasteiger partial charge in [0.2, 0.25) is 0 Å². The SMILES string of the molecule is Cc1cnc(C(=O)NCC2Cc3ccccc3CO2)cn1. The summed E-state index contributed by atoms with van der Waals surface area (Å²) in [7, 11) is 0. The van der Waals surface area contributed by atoms with Gasteiger partial charge in [-0.1, -0.05) is 24.3 Å². The summed E-state index contributed by atoms with van der Waals surface area (Å²) < 4.78 is 5.76. The molecule has 0 fully saturated rings. The molecule has 1 amide bonds. The van der Waals surface area contributed by atoms with Gasteiger partial charge in [-0.3, -0.25) is 9.78 Å². The second-order valence-corrected chi connectivity index (χ2v) is 5.16. The van der Waals surface area contributed by atoms with Gasteiger partial charge in [-0.25, -0.2) is 4.98 Å². The van der Waals surface area contributed by atoms with Crippen molar-refractivity contribution in [3.05, 3.63) is 59.2 Å². The number of benzene rings is 1. The van der Waals surface area contributed by atoms with Gasteiger partial charge in [-0.2, -0.15) is 0 Å². The quantitative estimate of drug-likeness (QED) is 0.930. The van der Waals surface area contributed by atoms with E-state index in [4.69, 9.17) is 4.74 Å². The maximum absolute atomic E-state index is 12.0. The standard InChI is InChI=1S/C16H17N3O2/c1-11-7-18-15(9-17-11)16(20)19-8-14-6-12-4-2-3-5-13(12)10-21-14/h2-5,7,9,14H,6,8,10H2,1H3,(H,19,20). The molecule has 1 N–H and O–H groups in total. The number of carbonyl (C=O) groups is 1. The Kier molecular flexibility index (Phi) is 3.92. The molecule has 5 heteroatoms. The Bertz CT molecular complexity index is 640. The molecule has 2 aromatic rings. The molecule has 0 saturated carbocycles. The molecule has 21 heavy (non-hydrogen) atoms. The van der Waals surface area contributed by atoms with Crippen molar-refractivity contribution in [2.24, 2.45) is 0 Å². The minimum absolute atomic E-state index is 0.00209. The molecule has 0 spiro atoms. The van der Waals surface area contributed by atoms with Crippen LogP contribution in [-0.4, -0.2) is 28.5 Å². The van der Waals surface area contributed by atoms with Gasteiger partial charge in [0.1, 0.15) is 5.69 Å². The summed E-state index contributed by atoms with van der Waals surface area (Å²) in [6.07, 6.45) is 3.89. The van der Waals surface area contributed by atoms with Gasteiger partial charge in [-0.05, 0) is 18.1 Å². The van der Waals surface area contributed by atoms with Crippen LogP contribution in [0.1, 0.15) is 27.3 Å². The predicted molar refractivity (Wildman–Crippen MR) is 77.8 cm³/mol. The summed E-state index contributed by atoms with van der Waals surface area (Å²) in [5.41, 5.74) is 3.64. The lowest BCUT2D eigenvalue weighted by Crippen LogP contribution is -2.37. The highest BCUT2D eigenvalue weighted by Crippen LogP contribution is 2.19. The first-order valence-corrected chi connectivity index (χ1v) is 6.97. The monoisotopic (exact) mass is 283 g/mol. The van der Waals surface area contributed by atoms with E-state index in [2.05, 4.69) is 27.4 Å². The first-order chi connectivity index (χ1) is 10.2. The highest BCUT2D eigenvalue weighted by atomic mass is 16.5. The molecule has 1 aromatic heterocycles. The Morgan fingerprint density at radius 1 is 1.29 bits per heavy atom. The number of aryl methyl sites for hydroxylation is 1. The number of nitrogens with one attached hydrogen (secondary N) is 1. The number of hydrogen-bond acceptors (Lipinski definition) is 4. The van der Waals surface area contributed by atoms with Gasteiger partial charge >= 0.3 is 0 Å². The third-order valence-electron chi connectivity index (χ3n) is 3.54. The van der Waals surface area contributed by atoms with Crippen molar-refractivity contribution in [2.45, 2.75) is 26.1 Å². The van der Waals surface area contributed by atoms with Crippen LogP contribution in [-0.2, 0) is 17.8 Å². The predicted octanol–water partition coefficient (Wildman–Crippen LogP) is 1.66. The Balaban J connectivity index is 1.56. The number of amides is 1. The lowest BCUT2D eigenvalue weighted by atomic mass is 9.99. The van der Waals surface area contributed by atoms with E-state index in [-0.39, 0.29) is 12.0 Å². The zero-order valence-electron chi connectivity index (χ0n) is 11.9. The molecule has 108 valence electrons. The summed E-state index contributed by atoms with van der Waals surface area (Å²) in [5.74, 6) is -0.218. The minimum atomic E-state index is -0.218. The minimum Gasteiger partial charge on any atom is -0.371 e. The number of aromatic nitrogens is 2. The number of nitrogens with zero attached hydrogens (tertiary/aromatic N) is 2. The van der Waals surface area contributed by atoms with Crippen molar-refractivity contribution in [3.63, 3.8) is 0 Å². The Morgan fingerprint density at radius 3 is 2.86 bits per heavy atom. The van der Waals surface area contributed by atoms with E-state index < -0.39 is 0 Å². The molecule has 5 nitrogen and oxygen atoms in total. The number of rotatable bonds is 3. The van der Waals surface area contributed by atoms with E-state index in [0.717, 1.165) is 12.1 Å². The molecule has 1 aliphatic heterocycles. The molecular formula is C16H17N3O2. The van der Waals surface area contributed by atoms with E-state index in [1.165, 1.54) is 17.3 Å². The van der Waals surface area contributed by atoms with Crippen LogP contribution < -0.4 is 5.32 Å². The largest absolute Gasteiger partial charge is 0.371 e. The number of ether oxygens (including phenoxy) is 1. The van der Waals surface area contributed by atoms with Gasteiger partial charge in [0.05, 0.1) is 24.6 Å². The molecule has 0 saturated heterocycles. The highest BCUT2D eigenvalue weighted by molar-refractivity contribution is 5.91. The molecule has 3 rings (SSSR count). The maximum Gasteiger partial charge on any atom is 0.271 e. The average molecular weight is 283 g/mol. The topological polar surface area (TPSA) is 64.1 Å². The van der Waals surface area contributed by atoms with Crippen molar-refractivity contribution in [1.82, 2.24) is 15.3 Å². The summed E-state index contributed by atoms with van der Waals surface area (Å²) in [6.45, 7) is 2.91. The third-order valence-corrected chi connectivity index (χ3v) is 3.54. The van der Waals surface area contributed by atoms with Crippen LogP contribution in [0.25, 0.3) is 0 Å². The first kappa shape index (κ1) is 13.7. The van der Waals surface area contributed by atoms with E-state index in [9.17, 15) is 4.79 Å². The average Bonchev–Trinajstić information content (AvgIpc) is 2.53. The van der Waals surface area contributed by atoms with Crippen molar-refractivity contribution in [1.29, 1.82) is 0 Å². The van der Waals surface area contributed by atoms with Crippen molar-refractivity contribution in [2.75, 3.05) is 6.54 Å². The van der Waals surface area contributed by atoms with Gasteiger partial charge in [0, 0.05) is 19.2 Å². The fourth-order valence-electron chi connectivity index (χ4n) is 2.35. The summed E-state index contributed by atoms with van der Waals surface area (Å²) in [4.78, 5) is 20.1. The molecule has 1 atom stereocenters. The van der Waals surface area contributed by atoms with Crippen molar-refractivity contribution < 1.29 is 9.53 Å². The summed E-state index contributed by atoms with van der Waals surface area (Å²) in [5, 5.41) is 2.85. The van der Waals surface area contributed by atoms with E-state index >= 15 is 0 Å². The second kappa shape index (κ2) is 6.01. The molecule has 0 aliphatic carbocycles. The molecule has 0 radical (unpaired) electrons. The number of carbonyl (C=O) groups excluding carboxylic acids is 1. The Hall–Kier alpha value is -2.27. The maximum atomic E-state index is 12.0. The number of hydrogen-bond donors (Lipinski definition) is 1. The first-order valence-electron chi connectivity index (χ1n) is 6.97. The van der Waals surface area contributed by atoms with Crippen LogP contribution in [0.4, 0.5) is 0 Å². The van der Waals surface area contributed by atoms with Gasteiger partial charge in [0.15, 0.2) is 0 Å². The van der Waals surface area contributed by atoms with Crippen LogP contribution in [0, 0.1) is 6.92 Å². The van der Waals surface area contributed by atoms with Gasteiger partial charge < -0.3 is 10.1 Å². The van der Waals surface area contributed by atoms with Crippen molar-refractivity contribution >= 4 is 5.91 Å². The van der Waals surface area contributed by atoms with E-state index in [0.29, 0.717) is 18.8 Å². The second-order valence-electron chi connectivity index (χ2n) is 5.16. The van der Waals surface area contributed by atoms with Crippen LogP contribution in [0.2, 0.25) is 0 Å². The van der Waals surface area contributed by atoms with Crippen molar-refractivity contribution in [3.8, 4) is 0 Å². The molecule has 1 aromatic carbocycles. The van der Waals surface area contributed by atoms with Crippen LogP contribution >= 0.6 is 0 Å². The molecular weight excluding hydrogens is 266 g/mol. The number of fused-ring (bicyclic) bond motifs is 1. The molecule has 1 aliphatic rings. The molecule has 1 unspecified atom stereocenters. The summed E-state index contributed by atoms with van der Waals surface area (Å²) in [6, 6.07) is 8.23. The van der Waals surface area contributed by atoms with E-state index in [1.807, 2.05) is 19.1 Å². The normalized spacial score (nSPS) is 17.1. The fraction of sp³-hybridized carbons (Fsp3) is 0.312. The Labute approximate surface area is 123 Å². The van der Waals surface area contributed by atoms with Crippen LogP contribution in [0.5, 0.6) is 0 Å². The smallest absolute Gasteiger partial charge is 0.271 e. The van der Waals surface area contributed by atoms with Crippen LogP contribution in [0.3, 0.4) is 0 Å². The summed E-state index contributed by atoms with van der Waals surface area (Å²) >= 11 is 0. The third kappa shape index (κ3) is 3.25. The van der Waals surface area contributed by atoms with Crippen LogP contribution in [0.15, 0.2) is 36.7 Å². The molecule has 2 heterocycles. The zero-order valence-corrected chi connectivity index (χ0v) is 11.9. The van der Waals surface area contributed by atoms with Gasteiger partial charge in [0.25, 0.3) is 5.91 Å². The van der Waals surface area contributed by atoms with E-state index in [1.54, 1.807) is 6.20 Å².